The van der Waals surface area contributed by atoms with E-state index in [1.165, 1.54) is 39.0 Å². The highest BCUT2D eigenvalue weighted by molar-refractivity contribution is 4.68. The molecule has 0 bridgehead atoms. The number of piperazine rings is 1. The Bertz CT molecular complexity index is 142. The molecule has 1 fully saturated rings. The number of rotatable bonds is 7. The minimum absolute atomic E-state index is 0.847. The van der Waals surface area contributed by atoms with Crippen molar-refractivity contribution in [3.8, 4) is 0 Å². The molecule has 0 aromatic carbocycles. The molecule has 3 heteroatoms. The van der Waals surface area contributed by atoms with Crippen LogP contribution in [0.2, 0.25) is 0 Å². The van der Waals surface area contributed by atoms with Gasteiger partial charge in [0.05, 0.1) is 0 Å². The highest BCUT2D eigenvalue weighted by Gasteiger charge is 2.07. The zero-order valence-electron chi connectivity index (χ0n) is 10.4. The summed E-state index contributed by atoms with van der Waals surface area (Å²) in [4.78, 5) is 2.53. The van der Waals surface area contributed by atoms with Gasteiger partial charge in [-0.25, -0.2) is 0 Å². The molecule has 0 spiro atoms. The van der Waals surface area contributed by atoms with Crippen LogP contribution in [0.25, 0.3) is 0 Å². The molecule has 1 heterocycles. The predicted molar refractivity (Wildman–Crippen MR) is 66.3 cm³/mol. The van der Waals surface area contributed by atoms with E-state index in [1.54, 1.807) is 0 Å². The summed E-state index contributed by atoms with van der Waals surface area (Å²) in [7, 11) is 0. The van der Waals surface area contributed by atoms with Gasteiger partial charge < -0.3 is 10.6 Å². The maximum Gasteiger partial charge on any atom is 0.0108 e. The van der Waals surface area contributed by atoms with E-state index in [2.05, 4.69) is 29.4 Å². The van der Waals surface area contributed by atoms with Crippen molar-refractivity contribution in [2.45, 2.75) is 26.7 Å². The average Bonchev–Trinajstić information content (AvgIpc) is 2.24. The lowest BCUT2D eigenvalue weighted by Crippen LogP contribution is -2.45. The molecule has 1 aliphatic rings. The molecule has 0 atom stereocenters. The van der Waals surface area contributed by atoms with Gasteiger partial charge in [-0.1, -0.05) is 13.8 Å². The molecular formula is C12H27N3. The van der Waals surface area contributed by atoms with Crippen molar-refractivity contribution in [3.05, 3.63) is 0 Å². The normalized spacial score (nSPS) is 18.6. The van der Waals surface area contributed by atoms with E-state index in [9.17, 15) is 0 Å². The van der Waals surface area contributed by atoms with Crippen molar-refractivity contribution in [2.75, 3.05) is 45.8 Å². The van der Waals surface area contributed by atoms with Gasteiger partial charge in [0, 0.05) is 39.3 Å². The second-order valence-electron chi connectivity index (χ2n) is 4.88. The summed E-state index contributed by atoms with van der Waals surface area (Å²) in [5.41, 5.74) is 0. The largest absolute Gasteiger partial charge is 0.315 e. The fourth-order valence-electron chi connectivity index (χ4n) is 1.93. The highest BCUT2D eigenvalue weighted by atomic mass is 15.2. The first kappa shape index (κ1) is 12.9. The molecule has 90 valence electrons. The van der Waals surface area contributed by atoms with Crippen LogP contribution < -0.4 is 10.6 Å². The molecule has 3 nitrogen and oxygen atoms in total. The Morgan fingerprint density at radius 3 is 2.60 bits per heavy atom. The molecule has 0 aromatic heterocycles. The molecule has 0 radical (unpaired) electrons. The van der Waals surface area contributed by atoms with Gasteiger partial charge >= 0.3 is 0 Å². The van der Waals surface area contributed by atoms with Crippen LogP contribution in [-0.4, -0.2) is 50.7 Å². The molecule has 15 heavy (non-hydrogen) atoms. The fourth-order valence-corrected chi connectivity index (χ4v) is 1.93. The Kier molecular flexibility index (Phi) is 6.98. The monoisotopic (exact) mass is 213 g/mol. The average molecular weight is 213 g/mol. The van der Waals surface area contributed by atoms with Gasteiger partial charge in [0.15, 0.2) is 0 Å². The molecule has 0 unspecified atom stereocenters. The van der Waals surface area contributed by atoms with Gasteiger partial charge in [-0.2, -0.15) is 0 Å². The van der Waals surface area contributed by atoms with E-state index < -0.39 is 0 Å². The molecule has 0 aromatic rings. The van der Waals surface area contributed by atoms with Crippen LogP contribution in [0.3, 0.4) is 0 Å². The zero-order chi connectivity index (χ0) is 10.9. The lowest BCUT2D eigenvalue weighted by atomic mass is 10.1. The molecule has 1 rings (SSSR count). The number of nitrogens with zero attached hydrogens (tertiary/aromatic N) is 1. The van der Waals surface area contributed by atoms with E-state index in [0.29, 0.717) is 0 Å². The van der Waals surface area contributed by atoms with E-state index in [0.717, 1.165) is 25.6 Å². The minimum atomic E-state index is 0.847. The quantitative estimate of drug-likeness (QED) is 0.616. The summed E-state index contributed by atoms with van der Waals surface area (Å²) in [5.74, 6) is 0.847. The lowest BCUT2D eigenvalue weighted by molar-refractivity contribution is 0.241. The second kappa shape index (κ2) is 8.08. The van der Waals surface area contributed by atoms with Crippen molar-refractivity contribution < 1.29 is 0 Å². The summed E-state index contributed by atoms with van der Waals surface area (Å²) in [5, 5.41) is 6.90. The second-order valence-corrected chi connectivity index (χ2v) is 4.88. The van der Waals surface area contributed by atoms with E-state index in [1.807, 2.05) is 0 Å². The predicted octanol–water partition coefficient (Wildman–Crippen LogP) is 0.917. The first-order valence-electron chi connectivity index (χ1n) is 6.43. The molecular weight excluding hydrogens is 186 g/mol. The highest BCUT2D eigenvalue weighted by Crippen LogP contribution is 2.01. The minimum Gasteiger partial charge on any atom is -0.315 e. The Morgan fingerprint density at radius 1 is 1.20 bits per heavy atom. The Balaban J connectivity index is 1.83. The van der Waals surface area contributed by atoms with Crippen LogP contribution in [0.4, 0.5) is 0 Å². The Labute approximate surface area is 94.6 Å². The van der Waals surface area contributed by atoms with Gasteiger partial charge in [-0.3, -0.25) is 4.90 Å². The number of nitrogens with one attached hydrogen (secondary N) is 2. The van der Waals surface area contributed by atoms with Crippen LogP contribution in [0.1, 0.15) is 26.7 Å². The summed E-state index contributed by atoms with van der Waals surface area (Å²) in [6.07, 6.45) is 2.67. The van der Waals surface area contributed by atoms with E-state index in [-0.39, 0.29) is 0 Å². The summed E-state index contributed by atoms with van der Waals surface area (Å²) in [6, 6.07) is 0. The first-order valence-corrected chi connectivity index (χ1v) is 6.43. The smallest absolute Gasteiger partial charge is 0.0108 e. The summed E-state index contributed by atoms with van der Waals surface area (Å²) < 4.78 is 0. The van der Waals surface area contributed by atoms with Crippen LogP contribution in [0, 0.1) is 5.92 Å². The molecule has 0 saturated carbocycles. The number of hydrogen-bond acceptors (Lipinski definition) is 3. The van der Waals surface area contributed by atoms with Crippen LogP contribution in [0.15, 0.2) is 0 Å². The number of hydrogen-bond donors (Lipinski definition) is 2. The third-order valence-electron chi connectivity index (χ3n) is 2.95. The first-order chi connectivity index (χ1) is 7.29. The van der Waals surface area contributed by atoms with Crippen molar-refractivity contribution in [1.29, 1.82) is 0 Å². The van der Waals surface area contributed by atoms with Crippen molar-refractivity contribution in [3.63, 3.8) is 0 Å². The van der Waals surface area contributed by atoms with Gasteiger partial charge in [0.2, 0.25) is 0 Å². The van der Waals surface area contributed by atoms with Crippen LogP contribution in [0.5, 0.6) is 0 Å². The maximum absolute atomic E-state index is 3.53. The Hall–Kier alpha value is -0.120. The third kappa shape index (κ3) is 6.88. The van der Waals surface area contributed by atoms with Crippen molar-refractivity contribution >= 4 is 0 Å². The summed E-state index contributed by atoms with van der Waals surface area (Å²) >= 11 is 0. The van der Waals surface area contributed by atoms with Crippen LogP contribution >= 0.6 is 0 Å². The third-order valence-corrected chi connectivity index (χ3v) is 2.95. The van der Waals surface area contributed by atoms with Gasteiger partial charge in [-0.15, -0.1) is 0 Å². The standard InChI is InChI=1S/C12H27N3/c1-12(2)4-3-5-13-6-9-15-10-7-14-8-11-15/h12-14H,3-11H2,1-2H3. The molecule has 1 aliphatic heterocycles. The van der Waals surface area contributed by atoms with Crippen LogP contribution in [-0.2, 0) is 0 Å². The van der Waals surface area contributed by atoms with E-state index >= 15 is 0 Å². The van der Waals surface area contributed by atoms with Gasteiger partial charge in [0.1, 0.15) is 0 Å². The zero-order valence-corrected chi connectivity index (χ0v) is 10.4. The topological polar surface area (TPSA) is 27.3 Å². The molecule has 2 N–H and O–H groups in total. The maximum atomic E-state index is 3.53. The van der Waals surface area contributed by atoms with Crippen molar-refractivity contribution in [1.82, 2.24) is 15.5 Å². The fraction of sp³-hybridized carbons (Fsp3) is 1.00. The Morgan fingerprint density at radius 2 is 1.93 bits per heavy atom. The SMILES string of the molecule is CC(C)CCCNCCN1CCNCC1. The van der Waals surface area contributed by atoms with Gasteiger partial charge in [-0.05, 0) is 25.3 Å². The molecule has 0 aliphatic carbocycles. The molecule has 0 amide bonds. The van der Waals surface area contributed by atoms with Crippen molar-refractivity contribution in [2.24, 2.45) is 5.92 Å². The van der Waals surface area contributed by atoms with E-state index in [4.69, 9.17) is 0 Å². The molecule has 1 saturated heterocycles. The summed E-state index contributed by atoms with van der Waals surface area (Å²) in [6.45, 7) is 12.9. The lowest BCUT2D eigenvalue weighted by Gasteiger charge is -2.27. The van der Waals surface area contributed by atoms with Gasteiger partial charge in [0.25, 0.3) is 0 Å².